The van der Waals surface area contributed by atoms with E-state index in [1.165, 1.54) is 19.5 Å². The highest BCUT2D eigenvalue weighted by Crippen LogP contribution is 2.13. The minimum Gasteiger partial charge on any atom is -0.311 e. The number of piperazine rings is 1. The van der Waals surface area contributed by atoms with Crippen LogP contribution in [-0.4, -0.2) is 36.6 Å². The molecule has 0 bridgehead atoms. The Morgan fingerprint density at radius 3 is 2.62 bits per heavy atom. The molecule has 0 aromatic heterocycles. The summed E-state index contributed by atoms with van der Waals surface area (Å²) in [6.45, 7) is 12.8. The van der Waals surface area contributed by atoms with E-state index in [0.29, 0.717) is 12.1 Å². The van der Waals surface area contributed by atoms with E-state index < -0.39 is 0 Å². The molecule has 78 valence electrons. The zero-order valence-corrected chi connectivity index (χ0v) is 9.51. The third-order valence-corrected chi connectivity index (χ3v) is 3.30. The van der Waals surface area contributed by atoms with Crippen molar-refractivity contribution in [1.82, 2.24) is 10.2 Å². The van der Waals surface area contributed by atoms with E-state index in [2.05, 4.69) is 37.9 Å². The van der Waals surface area contributed by atoms with Gasteiger partial charge in [-0.15, -0.1) is 0 Å². The van der Waals surface area contributed by atoms with Crippen molar-refractivity contribution in [2.45, 2.75) is 46.2 Å². The Kier molecular flexibility index (Phi) is 4.20. The molecule has 0 aromatic carbocycles. The second-order valence-electron chi connectivity index (χ2n) is 4.53. The average Bonchev–Trinajstić information content (AvgIpc) is 2.17. The molecule has 1 heterocycles. The van der Waals surface area contributed by atoms with Gasteiger partial charge < -0.3 is 5.32 Å². The zero-order valence-electron chi connectivity index (χ0n) is 9.51. The zero-order chi connectivity index (χ0) is 9.84. The smallest absolute Gasteiger partial charge is 0.0221 e. The maximum absolute atomic E-state index is 3.61. The maximum atomic E-state index is 3.61. The van der Waals surface area contributed by atoms with E-state index >= 15 is 0 Å². The maximum Gasteiger partial charge on any atom is 0.0221 e. The first kappa shape index (κ1) is 11.0. The van der Waals surface area contributed by atoms with Gasteiger partial charge >= 0.3 is 0 Å². The van der Waals surface area contributed by atoms with Gasteiger partial charge in [0.25, 0.3) is 0 Å². The van der Waals surface area contributed by atoms with Gasteiger partial charge in [-0.05, 0) is 19.8 Å². The summed E-state index contributed by atoms with van der Waals surface area (Å²) in [6.07, 6.45) is 1.28. The van der Waals surface area contributed by atoms with Crippen molar-refractivity contribution in [3.63, 3.8) is 0 Å². The van der Waals surface area contributed by atoms with Crippen LogP contribution >= 0.6 is 0 Å². The monoisotopic (exact) mass is 184 g/mol. The Hall–Kier alpha value is -0.0800. The van der Waals surface area contributed by atoms with Crippen LogP contribution in [0.4, 0.5) is 0 Å². The Balaban J connectivity index is 2.41. The predicted octanol–water partition coefficient (Wildman–Crippen LogP) is 1.71. The van der Waals surface area contributed by atoms with Crippen LogP contribution in [0.15, 0.2) is 0 Å². The van der Waals surface area contributed by atoms with Crippen molar-refractivity contribution in [1.29, 1.82) is 0 Å². The summed E-state index contributed by atoms with van der Waals surface area (Å²) in [4.78, 5) is 2.58. The molecule has 2 atom stereocenters. The highest BCUT2D eigenvalue weighted by molar-refractivity contribution is 4.83. The standard InChI is InChI=1S/C11H24N2/c1-5-10(4)11-8-13(9(2)3)7-6-12-11/h9-12H,5-8H2,1-4H3. The molecule has 1 fully saturated rings. The van der Waals surface area contributed by atoms with E-state index in [-0.39, 0.29) is 0 Å². The van der Waals surface area contributed by atoms with Crippen LogP contribution in [0.1, 0.15) is 34.1 Å². The molecule has 1 N–H and O–H groups in total. The van der Waals surface area contributed by atoms with Crippen molar-refractivity contribution in [3.05, 3.63) is 0 Å². The van der Waals surface area contributed by atoms with Gasteiger partial charge in [-0.1, -0.05) is 20.3 Å². The summed E-state index contributed by atoms with van der Waals surface area (Å²) < 4.78 is 0. The van der Waals surface area contributed by atoms with E-state index in [9.17, 15) is 0 Å². The molecule has 0 saturated carbocycles. The summed E-state index contributed by atoms with van der Waals surface area (Å²) in [5.41, 5.74) is 0. The van der Waals surface area contributed by atoms with Crippen molar-refractivity contribution >= 4 is 0 Å². The lowest BCUT2D eigenvalue weighted by atomic mass is 9.97. The van der Waals surface area contributed by atoms with Gasteiger partial charge in [0.1, 0.15) is 0 Å². The van der Waals surface area contributed by atoms with Crippen LogP contribution in [0.2, 0.25) is 0 Å². The fourth-order valence-electron chi connectivity index (χ4n) is 1.94. The van der Waals surface area contributed by atoms with Gasteiger partial charge in [0.2, 0.25) is 0 Å². The number of rotatable bonds is 3. The van der Waals surface area contributed by atoms with Crippen LogP contribution in [0.25, 0.3) is 0 Å². The number of hydrogen-bond donors (Lipinski definition) is 1. The van der Waals surface area contributed by atoms with Crippen molar-refractivity contribution in [3.8, 4) is 0 Å². The van der Waals surface area contributed by atoms with Crippen LogP contribution in [0.3, 0.4) is 0 Å². The summed E-state index contributed by atoms with van der Waals surface area (Å²) in [5, 5.41) is 3.61. The van der Waals surface area contributed by atoms with Crippen molar-refractivity contribution < 1.29 is 0 Å². The fraction of sp³-hybridized carbons (Fsp3) is 1.00. The van der Waals surface area contributed by atoms with Crippen LogP contribution in [0.5, 0.6) is 0 Å². The summed E-state index contributed by atoms with van der Waals surface area (Å²) in [6, 6.07) is 1.41. The average molecular weight is 184 g/mol. The van der Waals surface area contributed by atoms with Crippen LogP contribution in [0, 0.1) is 5.92 Å². The second kappa shape index (κ2) is 4.97. The lowest BCUT2D eigenvalue weighted by Gasteiger charge is -2.38. The minimum absolute atomic E-state index is 0.702. The Bertz CT molecular complexity index is 145. The van der Waals surface area contributed by atoms with Gasteiger partial charge in [-0.3, -0.25) is 4.90 Å². The minimum atomic E-state index is 0.702. The topological polar surface area (TPSA) is 15.3 Å². The molecular weight excluding hydrogens is 160 g/mol. The van der Waals surface area contributed by atoms with Crippen molar-refractivity contribution in [2.24, 2.45) is 5.92 Å². The van der Waals surface area contributed by atoms with Gasteiger partial charge in [0.15, 0.2) is 0 Å². The summed E-state index contributed by atoms with van der Waals surface area (Å²) in [5.74, 6) is 0.807. The van der Waals surface area contributed by atoms with E-state index in [0.717, 1.165) is 12.5 Å². The van der Waals surface area contributed by atoms with Gasteiger partial charge in [-0.25, -0.2) is 0 Å². The lowest BCUT2D eigenvalue weighted by molar-refractivity contribution is 0.138. The van der Waals surface area contributed by atoms with E-state index in [4.69, 9.17) is 0 Å². The molecule has 2 heteroatoms. The summed E-state index contributed by atoms with van der Waals surface area (Å²) in [7, 11) is 0. The van der Waals surface area contributed by atoms with E-state index in [1.807, 2.05) is 0 Å². The van der Waals surface area contributed by atoms with E-state index in [1.54, 1.807) is 0 Å². The van der Waals surface area contributed by atoms with Crippen LogP contribution in [-0.2, 0) is 0 Å². The largest absolute Gasteiger partial charge is 0.311 e. The molecule has 1 aliphatic rings. The molecule has 1 aliphatic heterocycles. The first-order chi connectivity index (χ1) is 6.15. The van der Waals surface area contributed by atoms with Crippen LogP contribution < -0.4 is 5.32 Å². The first-order valence-corrected chi connectivity index (χ1v) is 5.62. The molecule has 0 amide bonds. The molecule has 0 spiro atoms. The first-order valence-electron chi connectivity index (χ1n) is 5.62. The molecule has 13 heavy (non-hydrogen) atoms. The molecule has 0 aliphatic carbocycles. The number of hydrogen-bond acceptors (Lipinski definition) is 2. The lowest BCUT2D eigenvalue weighted by Crippen LogP contribution is -2.54. The molecule has 1 rings (SSSR count). The summed E-state index contributed by atoms with van der Waals surface area (Å²) >= 11 is 0. The Morgan fingerprint density at radius 1 is 1.38 bits per heavy atom. The molecule has 2 nitrogen and oxygen atoms in total. The molecular formula is C11H24N2. The normalized spacial score (nSPS) is 27.9. The molecule has 2 unspecified atom stereocenters. The number of nitrogens with one attached hydrogen (secondary N) is 1. The fourth-order valence-corrected chi connectivity index (χ4v) is 1.94. The highest BCUT2D eigenvalue weighted by atomic mass is 15.2. The molecule has 1 saturated heterocycles. The van der Waals surface area contributed by atoms with Gasteiger partial charge in [0, 0.05) is 31.7 Å². The Morgan fingerprint density at radius 2 is 2.08 bits per heavy atom. The third kappa shape index (κ3) is 2.96. The van der Waals surface area contributed by atoms with Gasteiger partial charge in [0.05, 0.1) is 0 Å². The third-order valence-electron chi connectivity index (χ3n) is 3.30. The van der Waals surface area contributed by atoms with Gasteiger partial charge in [-0.2, -0.15) is 0 Å². The predicted molar refractivity (Wildman–Crippen MR) is 58.0 cm³/mol. The second-order valence-corrected chi connectivity index (χ2v) is 4.53. The molecule has 0 radical (unpaired) electrons. The number of nitrogens with zero attached hydrogens (tertiary/aromatic N) is 1. The Labute approximate surface area is 82.7 Å². The SMILES string of the molecule is CCC(C)C1CN(C(C)C)CCN1. The highest BCUT2D eigenvalue weighted by Gasteiger charge is 2.23. The quantitative estimate of drug-likeness (QED) is 0.718. The molecule has 0 aromatic rings. The van der Waals surface area contributed by atoms with Crippen molar-refractivity contribution in [2.75, 3.05) is 19.6 Å².